The predicted octanol–water partition coefficient (Wildman–Crippen LogP) is 2.57. The Morgan fingerprint density at radius 1 is 1.30 bits per heavy atom. The molecule has 1 aliphatic heterocycles. The maximum Gasteiger partial charge on any atom is 0.270 e. The van der Waals surface area contributed by atoms with Crippen molar-refractivity contribution in [2.24, 2.45) is 0 Å². The van der Waals surface area contributed by atoms with Crippen molar-refractivity contribution in [2.75, 3.05) is 20.2 Å². The van der Waals surface area contributed by atoms with Crippen molar-refractivity contribution in [3.8, 4) is 5.75 Å². The molecule has 0 radical (unpaired) electrons. The first-order valence-corrected chi connectivity index (χ1v) is 7.22. The Balaban J connectivity index is 0.00000132. The average Bonchev–Trinajstić information content (AvgIpc) is 2.54. The quantitative estimate of drug-likeness (QED) is 0.885. The number of halogens is 2. The van der Waals surface area contributed by atoms with Crippen LogP contribution < -0.4 is 15.4 Å². The summed E-state index contributed by atoms with van der Waals surface area (Å²) in [6.45, 7) is 1.86. The number of methoxy groups -OCH3 is 1. The molecule has 0 spiro atoms. The first-order valence-electron chi connectivity index (χ1n) is 7.22. The summed E-state index contributed by atoms with van der Waals surface area (Å²) < 4.78 is 5.19. The van der Waals surface area contributed by atoms with E-state index in [4.69, 9.17) is 4.74 Å². The molecule has 5 nitrogen and oxygen atoms in total. The lowest BCUT2D eigenvalue weighted by Gasteiger charge is -2.23. The molecular weight excluding hydrogens is 337 g/mol. The Kier molecular flexibility index (Phi) is 7.55. The molecule has 126 valence electrons. The zero-order valence-corrected chi connectivity index (χ0v) is 14.5. The SMILES string of the molecule is COc1ccc2nc(C(=O)N[C@H]3CCCNC3)ccc2c1.Cl.Cl. The van der Waals surface area contributed by atoms with E-state index >= 15 is 0 Å². The molecule has 2 aromatic rings. The van der Waals surface area contributed by atoms with E-state index in [0.717, 1.165) is 42.6 Å². The van der Waals surface area contributed by atoms with Crippen molar-refractivity contribution >= 4 is 41.6 Å². The number of ether oxygens (including phenoxy) is 1. The Morgan fingerprint density at radius 2 is 2.13 bits per heavy atom. The summed E-state index contributed by atoms with van der Waals surface area (Å²) in [5.74, 6) is 0.677. The van der Waals surface area contributed by atoms with Crippen molar-refractivity contribution < 1.29 is 9.53 Å². The van der Waals surface area contributed by atoms with Gasteiger partial charge in [0.2, 0.25) is 0 Å². The van der Waals surface area contributed by atoms with E-state index in [-0.39, 0.29) is 36.8 Å². The number of benzene rings is 1. The first-order chi connectivity index (χ1) is 10.3. The van der Waals surface area contributed by atoms with E-state index in [2.05, 4.69) is 15.6 Å². The average molecular weight is 358 g/mol. The lowest BCUT2D eigenvalue weighted by molar-refractivity contribution is 0.0926. The molecule has 1 saturated heterocycles. The molecular formula is C16H21Cl2N3O2. The van der Waals surface area contributed by atoms with Gasteiger partial charge in [-0.2, -0.15) is 0 Å². The highest BCUT2D eigenvalue weighted by atomic mass is 35.5. The third-order valence-corrected chi connectivity index (χ3v) is 3.76. The van der Waals surface area contributed by atoms with Gasteiger partial charge >= 0.3 is 0 Å². The number of hydrogen-bond donors (Lipinski definition) is 2. The molecule has 23 heavy (non-hydrogen) atoms. The van der Waals surface area contributed by atoms with Gasteiger partial charge in [-0.3, -0.25) is 4.79 Å². The molecule has 1 aromatic carbocycles. The fourth-order valence-corrected chi connectivity index (χ4v) is 2.59. The molecule has 1 aliphatic rings. The molecule has 0 bridgehead atoms. The minimum Gasteiger partial charge on any atom is -0.497 e. The summed E-state index contributed by atoms with van der Waals surface area (Å²) in [6.07, 6.45) is 2.11. The zero-order valence-electron chi connectivity index (χ0n) is 12.9. The van der Waals surface area contributed by atoms with Crippen LogP contribution in [0, 0.1) is 0 Å². The Bertz CT molecular complexity index is 661. The van der Waals surface area contributed by atoms with Crippen LogP contribution in [-0.4, -0.2) is 37.1 Å². The first kappa shape index (κ1) is 19.5. The summed E-state index contributed by atoms with van der Waals surface area (Å²) >= 11 is 0. The van der Waals surface area contributed by atoms with Crippen molar-refractivity contribution in [2.45, 2.75) is 18.9 Å². The molecule has 0 aliphatic carbocycles. The van der Waals surface area contributed by atoms with E-state index < -0.39 is 0 Å². The van der Waals surface area contributed by atoms with Gasteiger partial charge in [0.25, 0.3) is 5.91 Å². The molecule has 2 N–H and O–H groups in total. The fraction of sp³-hybridized carbons (Fsp3) is 0.375. The molecule has 3 rings (SSSR count). The van der Waals surface area contributed by atoms with Crippen LogP contribution in [0.1, 0.15) is 23.3 Å². The van der Waals surface area contributed by atoms with E-state index in [1.165, 1.54) is 0 Å². The van der Waals surface area contributed by atoms with E-state index in [0.29, 0.717) is 5.69 Å². The minimum atomic E-state index is -0.110. The van der Waals surface area contributed by atoms with Gasteiger partial charge < -0.3 is 15.4 Å². The molecule has 1 aromatic heterocycles. The fourth-order valence-electron chi connectivity index (χ4n) is 2.59. The van der Waals surface area contributed by atoms with Crippen molar-refractivity contribution in [3.63, 3.8) is 0 Å². The van der Waals surface area contributed by atoms with Gasteiger partial charge in [0.15, 0.2) is 0 Å². The number of carbonyl (C=O) groups excluding carboxylic acids is 1. The number of nitrogens with one attached hydrogen (secondary N) is 2. The summed E-state index contributed by atoms with van der Waals surface area (Å²) in [6, 6.07) is 9.48. The summed E-state index contributed by atoms with van der Waals surface area (Å²) in [5, 5.41) is 7.28. The van der Waals surface area contributed by atoms with Gasteiger partial charge in [0.05, 0.1) is 12.6 Å². The number of carbonyl (C=O) groups is 1. The smallest absolute Gasteiger partial charge is 0.270 e. The van der Waals surface area contributed by atoms with Crippen molar-refractivity contribution in [3.05, 3.63) is 36.0 Å². The second kappa shape index (κ2) is 8.91. The highest BCUT2D eigenvalue weighted by Crippen LogP contribution is 2.19. The third kappa shape index (κ3) is 4.70. The Labute approximate surface area is 148 Å². The molecule has 1 fully saturated rings. The highest BCUT2D eigenvalue weighted by Gasteiger charge is 2.17. The Morgan fingerprint density at radius 3 is 2.83 bits per heavy atom. The second-order valence-electron chi connectivity index (χ2n) is 5.27. The largest absolute Gasteiger partial charge is 0.497 e. The molecule has 0 unspecified atom stereocenters. The number of amides is 1. The van der Waals surface area contributed by atoms with Gasteiger partial charge in [-0.1, -0.05) is 6.07 Å². The second-order valence-corrected chi connectivity index (χ2v) is 5.27. The zero-order chi connectivity index (χ0) is 14.7. The maximum atomic E-state index is 12.3. The van der Waals surface area contributed by atoms with Crippen molar-refractivity contribution in [1.82, 2.24) is 15.6 Å². The number of nitrogens with zero attached hydrogens (tertiary/aromatic N) is 1. The van der Waals surface area contributed by atoms with E-state index in [1.807, 2.05) is 24.3 Å². The molecule has 7 heteroatoms. The Hall–Kier alpha value is -1.56. The van der Waals surface area contributed by atoms with Crippen LogP contribution in [0.2, 0.25) is 0 Å². The number of rotatable bonds is 3. The standard InChI is InChI=1S/C16H19N3O2.2ClH/c1-21-13-5-7-14-11(9-13)4-6-15(19-14)16(20)18-12-3-2-8-17-10-12;;/h4-7,9,12,17H,2-3,8,10H2,1H3,(H,18,20);2*1H/t12-;;/m0../s1. The van der Waals surface area contributed by atoms with E-state index in [1.54, 1.807) is 13.2 Å². The van der Waals surface area contributed by atoms with Crippen LogP contribution in [0.15, 0.2) is 30.3 Å². The number of pyridine rings is 1. The number of fused-ring (bicyclic) bond motifs is 1. The van der Waals surface area contributed by atoms with Crippen LogP contribution >= 0.6 is 24.8 Å². The lowest BCUT2D eigenvalue weighted by Crippen LogP contribution is -2.45. The van der Waals surface area contributed by atoms with Crippen LogP contribution in [0.5, 0.6) is 5.75 Å². The third-order valence-electron chi connectivity index (χ3n) is 3.76. The number of aromatic nitrogens is 1. The molecule has 1 amide bonds. The van der Waals surface area contributed by atoms with Crippen molar-refractivity contribution in [1.29, 1.82) is 0 Å². The predicted molar refractivity (Wildman–Crippen MR) is 96.1 cm³/mol. The van der Waals surface area contributed by atoms with Gasteiger partial charge in [0, 0.05) is 18.0 Å². The minimum absolute atomic E-state index is 0. The topological polar surface area (TPSA) is 63.2 Å². The van der Waals surface area contributed by atoms with Gasteiger partial charge in [0.1, 0.15) is 11.4 Å². The molecule has 0 saturated carbocycles. The lowest BCUT2D eigenvalue weighted by atomic mass is 10.1. The number of piperidine rings is 1. The summed E-state index contributed by atoms with van der Waals surface area (Å²) in [7, 11) is 1.63. The monoisotopic (exact) mass is 357 g/mol. The summed E-state index contributed by atoms with van der Waals surface area (Å²) in [5.41, 5.74) is 1.25. The molecule has 1 atom stereocenters. The maximum absolute atomic E-state index is 12.3. The van der Waals surface area contributed by atoms with Gasteiger partial charge in [-0.15, -0.1) is 24.8 Å². The van der Waals surface area contributed by atoms with E-state index in [9.17, 15) is 4.79 Å². The summed E-state index contributed by atoms with van der Waals surface area (Å²) in [4.78, 5) is 16.7. The van der Waals surface area contributed by atoms with Crippen LogP contribution in [0.3, 0.4) is 0 Å². The molecule has 2 heterocycles. The van der Waals surface area contributed by atoms with Gasteiger partial charge in [-0.05, 0) is 43.7 Å². The van der Waals surface area contributed by atoms with Gasteiger partial charge in [-0.25, -0.2) is 4.98 Å². The van der Waals surface area contributed by atoms with Crippen LogP contribution in [0.4, 0.5) is 0 Å². The number of hydrogen-bond acceptors (Lipinski definition) is 4. The normalized spacial score (nSPS) is 16.8. The van der Waals surface area contributed by atoms with Crippen LogP contribution in [0.25, 0.3) is 10.9 Å². The highest BCUT2D eigenvalue weighted by molar-refractivity contribution is 5.95. The van der Waals surface area contributed by atoms with Crippen LogP contribution in [-0.2, 0) is 0 Å².